The van der Waals surface area contributed by atoms with Crippen LogP contribution in [0.3, 0.4) is 0 Å². The number of nitrogens with two attached hydrogens (primary N) is 1. The Labute approximate surface area is 72.0 Å². The predicted molar refractivity (Wildman–Crippen MR) is 48.1 cm³/mol. The van der Waals surface area contributed by atoms with Gasteiger partial charge in [0.15, 0.2) is 0 Å². The van der Waals surface area contributed by atoms with Gasteiger partial charge in [-0.1, -0.05) is 12.1 Å². The number of hydrogen-bond acceptors (Lipinski definition) is 2. The summed E-state index contributed by atoms with van der Waals surface area (Å²) in [7, 11) is 0. The number of phenolic OH excluding ortho intramolecular Hbond substituents is 1. The lowest BCUT2D eigenvalue weighted by Gasteiger charge is -2.33. The first-order chi connectivity index (χ1) is 5.77. The van der Waals surface area contributed by atoms with Crippen LogP contribution in [-0.4, -0.2) is 11.1 Å². The molecular formula is C10H13NO. The summed E-state index contributed by atoms with van der Waals surface area (Å²) in [5.41, 5.74) is 7.09. The largest absolute Gasteiger partial charge is 0.508 e. The van der Waals surface area contributed by atoms with Gasteiger partial charge in [0, 0.05) is 6.04 Å². The van der Waals surface area contributed by atoms with E-state index in [0.717, 1.165) is 6.42 Å². The zero-order valence-electron chi connectivity index (χ0n) is 6.90. The minimum Gasteiger partial charge on any atom is -0.508 e. The van der Waals surface area contributed by atoms with Gasteiger partial charge in [0.1, 0.15) is 5.75 Å². The van der Waals surface area contributed by atoms with Crippen molar-refractivity contribution in [2.75, 3.05) is 0 Å². The van der Waals surface area contributed by atoms with Gasteiger partial charge < -0.3 is 10.8 Å². The molecule has 2 heteroatoms. The Morgan fingerprint density at radius 2 is 1.83 bits per heavy atom. The molecule has 2 rings (SSSR count). The average Bonchev–Trinajstić information content (AvgIpc) is 2.06. The van der Waals surface area contributed by atoms with Crippen molar-refractivity contribution in [2.24, 2.45) is 5.73 Å². The number of hydrogen-bond donors (Lipinski definition) is 2. The normalized spacial score (nSPS) is 28.1. The van der Waals surface area contributed by atoms with E-state index in [9.17, 15) is 0 Å². The van der Waals surface area contributed by atoms with Gasteiger partial charge in [-0.15, -0.1) is 0 Å². The van der Waals surface area contributed by atoms with Gasteiger partial charge >= 0.3 is 0 Å². The first-order valence-corrected chi connectivity index (χ1v) is 4.32. The first kappa shape index (κ1) is 7.62. The molecule has 1 aliphatic carbocycles. The van der Waals surface area contributed by atoms with E-state index < -0.39 is 0 Å². The topological polar surface area (TPSA) is 46.2 Å². The molecule has 0 heterocycles. The van der Waals surface area contributed by atoms with Crippen molar-refractivity contribution in [3.05, 3.63) is 29.8 Å². The molecule has 2 unspecified atom stereocenters. The van der Waals surface area contributed by atoms with E-state index in [1.54, 1.807) is 12.1 Å². The fraction of sp³-hybridized carbons (Fsp3) is 0.400. The summed E-state index contributed by atoms with van der Waals surface area (Å²) in [6, 6.07) is 7.69. The van der Waals surface area contributed by atoms with E-state index in [1.807, 2.05) is 12.1 Å². The van der Waals surface area contributed by atoms with Gasteiger partial charge in [-0.05, 0) is 36.5 Å². The van der Waals surface area contributed by atoms with Gasteiger partial charge in [-0.3, -0.25) is 0 Å². The monoisotopic (exact) mass is 163 g/mol. The Bertz CT molecular complexity index is 268. The third-order valence-electron chi connectivity index (χ3n) is 2.65. The second-order valence-corrected chi connectivity index (χ2v) is 3.44. The summed E-state index contributed by atoms with van der Waals surface area (Å²) in [5.74, 6) is 0.845. The van der Waals surface area contributed by atoms with E-state index in [2.05, 4.69) is 0 Å². The predicted octanol–water partition coefficient (Wildman–Crippen LogP) is 1.60. The highest BCUT2D eigenvalue weighted by Gasteiger charge is 2.28. The molecular weight excluding hydrogens is 150 g/mol. The Kier molecular flexibility index (Phi) is 1.77. The molecule has 0 aromatic heterocycles. The number of aromatic hydroxyl groups is 1. The molecule has 64 valence electrons. The summed E-state index contributed by atoms with van der Waals surface area (Å²) in [5, 5.41) is 9.06. The lowest BCUT2D eigenvalue weighted by Crippen LogP contribution is -2.37. The minimum absolute atomic E-state index is 0.326. The van der Waals surface area contributed by atoms with E-state index >= 15 is 0 Å². The summed E-state index contributed by atoms with van der Waals surface area (Å²) in [6.45, 7) is 0. The number of benzene rings is 1. The molecule has 1 saturated carbocycles. The Balaban J connectivity index is 2.18. The van der Waals surface area contributed by atoms with Gasteiger partial charge in [0.2, 0.25) is 0 Å². The second kappa shape index (κ2) is 2.79. The molecule has 0 radical (unpaired) electrons. The van der Waals surface area contributed by atoms with Crippen molar-refractivity contribution in [1.82, 2.24) is 0 Å². The standard InChI is InChI=1S/C10H13NO/c11-10-6-5-9(10)7-1-3-8(12)4-2-7/h1-4,9-10,12H,5-6,11H2. The van der Waals surface area contributed by atoms with Crippen LogP contribution < -0.4 is 5.73 Å². The molecule has 1 aliphatic rings. The zero-order chi connectivity index (χ0) is 8.55. The van der Waals surface area contributed by atoms with Gasteiger partial charge in [0.05, 0.1) is 0 Å². The lowest BCUT2D eigenvalue weighted by atomic mass is 9.76. The minimum atomic E-state index is 0.326. The van der Waals surface area contributed by atoms with Crippen LogP contribution in [0.2, 0.25) is 0 Å². The van der Waals surface area contributed by atoms with Crippen LogP contribution in [0.1, 0.15) is 24.3 Å². The molecule has 0 amide bonds. The van der Waals surface area contributed by atoms with Gasteiger partial charge in [0.25, 0.3) is 0 Å². The van der Waals surface area contributed by atoms with Gasteiger partial charge in [-0.2, -0.15) is 0 Å². The van der Waals surface area contributed by atoms with Crippen LogP contribution in [0.5, 0.6) is 5.75 Å². The molecule has 2 nitrogen and oxygen atoms in total. The summed E-state index contributed by atoms with van der Waals surface area (Å²) < 4.78 is 0. The Hall–Kier alpha value is -1.02. The molecule has 1 fully saturated rings. The molecule has 0 aliphatic heterocycles. The summed E-state index contributed by atoms with van der Waals surface area (Å²) >= 11 is 0. The van der Waals surface area contributed by atoms with Crippen molar-refractivity contribution in [1.29, 1.82) is 0 Å². The molecule has 0 spiro atoms. The van der Waals surface area contributed by atoms with E-state index in [1.165, 1.54) is 12.0 Å². The molecule has 3 N–H and O–H groups in total. The van der Waals surface area contributed by atoms with Crippen molar-refractivity contribution in [2.45, 2.75) is 24.8 Å². The van der Waals surface area contributed by atoms with E-state index in [-0.39, 0.29) is 0 Å². The molecule has 0 saturated heterocycles. The van der Waals surface area contributed by atoms with E-state index in [0.29, 0.717) is 17.7 Å². The maximum absolute atomic E-state index is 9.06. The quantitative estimate of drug-likeness (QED) is 0.660. The molecule has 12 heavy (non-hydrogen) atoms. The van der Waals surface area contributed by atoms with Crippen LogP contribution in [0.25, 0.3) is 0 Å². The van der Waals surface area contributed by atoms with Crippen LogP contribution in [0, 0.1) is 0 Å². The van der Waals surface area contributed by atoms with Crippen LogP contribution in [0.15, 0.2) is 24.3 Å². The van der Waals surface area contributed by atoms with Crippen molar-refractivity contribution in [3.8, 4) is 5.75 Å². The summed E-state index contributed by atoms with van der Waals surface area (Å²) in [6.07, 6.45) is 2.32. The smallest absolute Gasteiger partial charge is 0.115 e. The lowest BCUT2D eigenvalue weighted by molar-refractivity contribution is 0.346. The van der Waals surface area contributed by atoms with Crippen LogP contribution in [-0.2, 0) is 0 Å². The summed E-state index contributed by atoms with van der Waals surface area (Å²) in [4.78, 5) is 0. The fourth-order valence-electron chi connectivity index (χ4n) is 1.66. The Morgan fingerprint density at radius 3 is 2.25 bits per heavy atom. The van der Waals surface area contributed by atoms with E-state index in [4.69, 9.17) is 10.8 Å². The highest BCUT2D eigenvalue weighted by Crippen LogP contribution is 2.35. The first-order valence-electron chi connectivity index (χ1n) is 4.32. The van der Waals surface area contributed by atoms with Crippen LogP contribution >= 0.6 is 0 Å². The van der Waals surface area contributed by atoms with Crippen molar-refractivity contribution >= 4 is 0 Å². The highest BCUT2D eigenvalue weighted by atomic mass is 16.3. The fourth-order valence-corrected chi connectivity index (χ4v) is 1.66. The molecule has 1 aromatic carbocycles. The maximum atomic E-state index is 9.06. The number of phenols is 1. The molecule has 0 bridgehead atoms. The molecule has 1 aromatic rings. The molecule has 2 atom stereocenters. The number of rotatable bonds is 1. The van der Waals surface area contributed by atoms with Crippen LogP contribution in [0.4, 0.5) is 0 Å². The average molecular weight is 163 g/mol. The Morgan fingerprint density at radius 1 is 1.17 bits per heavy atom. The van der Waals surface area contributed by atoms with Crippen molar-refractivity contribution in [3.63, 3.8) is 0 Å². The SMILES string of the molecule is NC1CCC1c1ccc(O)cc1. The van der Waals surface area contributed by atoms with Gasteiger partial charge in [-0.25, -0.2) is 0 Å². The maximum Gasteiger partial charge on any atom is 0.115 e. The highest BCUT2D eigenvalue weighted by molar-refractivity contribution is 5.30. The zero-order valence-corrected chi connectivity index (χ0v) is 6.90. The second-order valence-electron chi connectivity index (χ2n) is 3.44. The van der Waals surface area contributed by atoms with Crippen molar-refractivity contribution < 1.29 is 5.11 Å². The third kappa shape index (κ3) is 1.18. The third-order valence-corrected chi connectivity index (χ3v) is 2.65.